The summed E-state index contributed by atoms with van der Waals surface area (Å²) in [6.45, 7) is 3.80. The predicted molar refractivity (Wildman–Crippen MR) is 128 cm³/mol. The number of unbranched alkanes of at least 4 members (excludes halogenated alkanes) is 5. The van der Waals surface area contributed by atoms with Gasteiger partial charge in [0.05, 0.1) is 18.2 Å². The number of benzene rings is 2. The average molecular weight is 428 g/mol. The fourth-order valence-corrected chi connectivity index (χ4v) is 4.22. The lowest BCUT2D eigenvalue weighted by Crippen LogP contribution is -2.15. The van der Waals surface area contributed by atoms with Gasteiger partial charge in [-0.15, -0.1) is 0 Å². The highest BCUT2D eigenvalue weighted by Crippen LogP contribution is 2.32. The van der Waals surface area contributed by atoms with Crippen LogP contribution in [0, 0.1) is 12.3 Å². The molecule has 1 fully saturated rings. The summed E-state index contributed by atoms with van der Waals surface area (Å²) < 4.78 is 11.9. The van der Waals surface area contributed by atoms with Crippen molar-refractivity contribution in [2.75, 3.05) is 13.2 Å². The molecule has 30 heavy (non-hydrogen) atoms. The molecule has 0 saturated heterocycles. The van der Waals surface area contributed by atoms with E-state index in [4.69, 9.17) is 21.1 Å². The second-order valence-electron chi connectivity index (χ2n) is 8.41. The van der Waals surface area contributed by atoms with Crippen LogP contribution in [0.3, 0.4) is 0 Å². The molecule has 0 N–H and O–H groups in total. The maximum atomic E-state index is 6.48. The standard InChI is InChI=1S/C27H36ClO2/c1-2-3-4-5-6-10-19-29-27-18-15-24(20-26(27)28)23-13-16-25(17-14-23)30-21-22-11-8-7-9-12-22/h7,13-18,20,22H,2-6,8-12,19,21H2,1H3. The molecule has 2 aromatic carbocycles. The van der Waals surface area contributed by atoms with E-state index in [2.05, 4.69) is 43.7 Å². The van der Waals surface area contributed by atoms with Crippen LogP contribution >= 0.6 is 11.6 Å². The minimum Gasteiger partial charge on any atom is -0.493 e. The van der Waals surface area contributed by atoms with Crippen LogP contribution in [0.2, 0.25) is 5.02 Å². The molecule has 0 aromatic heterocycles. The molecule has 2 aromatic rings. The third kappa shape index (κ3) is 7.54. The third-order valence-corrected chi connectivity index (χ3v) is 6.21. The molecule has 1 radical (unpaired) electrons. The van der Waals surface area contributed by atoms with Crippen molar-refractivity contribution >= 4 is 11.6 Å². The van der Waals surface area contributed by atoms with Crippen molar-refractivity contribution in [3.8, 4) is 22.6 Å². The van der Waals surface area contributed by atoms with Crippen LogP contribution in [-0.4, -0.2) is 13.2 Å². The van der Waals surface area contributed by atoms with Crippen LogP contribution in [0.4, 0.5) is 0 Å². The van der Waals surface area contributed by atoms with Crippen molar-refractivity contribution in [2.45, 2.75) is 71.1 Å². The fraction of sp³-hybridized carbons (Fsp3) is 0.519. The molecule has 0 aliphatic heterocycles. The van der Waals surface area contributed by atoms with Crippen LogP contribution in [0.15, 0.2) is 42.5 Å². The number of hydrogen-bond acceptors (Lipinski definition) is 2. The molecule has 1 aliphatic rings. The van der Waals surface area contributed by atoms with Crippen molar-refractivity contribution in [2.24, 2.45) is 5.92 Å². The summed E-state index contributed by atoms with van der Waals surface area (Å²) in [6, 6.07) is 14.4. The summed E-state index contributed by atoms with van der Waals surface area (Å²) >= 11 is 6.48. The van der Waals surface area contributed by atoms with Gasteiger partial charge in [0.2, 0.25) is 0 Å². The maximum absolute atomic E-state index is 6.48. The number of hydrogen-bond donors (Lipinski definition) is 0. The average Bonchev–Trinajstić information content (AvgIpc) is 2.79. The molecular formula is C27H36ClO2. The molecule has 3 heteroatoms. The Balaban J connectivity index is 1.45. The SMILES string of the molecule is CCCCCCCCOc1ccc(-c2ccc(OCC3CC[CH]CC3)cc2)cc1Cl. The second kappa shape index (κ2) is 12.9. The lowest BCUT2D eigenvalue weighted by atomic mass is 9.90. The summed E-state index contributed by atoms with van der Waals surface area (Å²) in [7, 11) is 0. The smallest absolute Gasteiger partial charge is 0.137 e. The van der Waals surface area contributed by atoms with E-state index in [1.54, 1.807) is 0 Å². The highest BCUT2D eigenvalue weighted by atomic mass is 35.5. The Hall–Kier alpha value is -1.67. The minimum atomic E-state index is 0.674. The second-order valence-corrected chi connectivity index (χ2v) is 8.81. The summed E-state index contributed by atoms with van der Waals surface area (Å²) in [5, 5.41) is 0.674. The topological polar surface area (TPSA) is 18.5 Å². The van der Waals surface area contributed by atoms with Crippen LogP contribution < -0.4 is 9.47 Å². The van der Waals surface area contributed by atoms with Gasteiger partial charge in [-0.1, -0.05) is 68.8 Å². The van der Waals surface area contributed by atoms with Gasteiger partial charge in [-0.3, -0.25) is 0 Å². The van der Waals surface area contributed by atoms with Crippen molar-refractivity contribution < 1.29 is 9.47 Å². The zero-order valence-electron chi connectivity index (χ0n) is 18.4. The number of rotatable bonds is 12. The normalized spacial score (nSPS) is 14.6. The molecule has 1 aliphatic carbocycles. The van der Waals surface area contributed by atoms with Gasteiger partial charge in [-0.05, 0) is 79.8 Å². The van der Waals surface area contributed by atoms with E-state index in [-0.39, 0.29) is 0 Å². The molecule has 2 nitrogen and oxygen atoms in total. The first kappa shape index (κ1) is 23.0. The first-order chi connectivity index (χ1) is 14.8. The quantitative estimate of drug-likeness (QED) is 0.316. The van der Waals surface area contributed by atoms with Gasteiger partial charge in [0.1, 0.15) is 11.5 Å². The maximum Gasteiger partial charge on any atom is 0.137 e. The van der Waals surface area contributed by atoms with Crippen molar-refractivity contribution in [3.63, 3.8) is 0 Å². The monoisotopic (exact) mass is 427 g/mol. The van der Waals surface area contributed by atoms with Crippen molar-refractivity contribution in [1.29, 1.82) is 0 Å². The van der Waals surface area contributed by atoms with Gasteiger partial charge >= 0.3 is 0 Å². The molecule has 0 amide bonds. The van der Waals surface area contributed by atoms with Gasteiger partial charge in [-0.2, -0.15) is 0 Å². The minimum absolute atomic E-state index is 0.674. The van der Waals surface area contributed by atoms with Crippen LogP contribution in [0.5, 0.6) is 11.5 Å². The summed E-state index contributed by atoms with van der Waals surface area (Å²) in [5.41, 5.74) is 2.24. The highest BCUT2D eigenvalue weighted by molar-refractivity contribution is 6.32. The predicted octanol–water partition coefficient (Wildman–Crippen LogP) is 8.52. The lowest BCUT2D eigenvalue weighted by molar-refractivity contribution is 0.221. The molecule has 1 saturated carbocycles. The molecule has 0 bridgehead atoms. The van der Waals surface area contributed by atoms with Gasteiger partial charge in [-0.25, -0.2) is 0 Å². The van der Waals surface area contributed by atoms with E-state index in [0.29, 0.717) is 10.9 Å². The summed E-state index contributed by atoms with van der Waals surface area (Å²) in [4.78, 5) is 0. The molecule has 3 rings (SSSR count). The van der Waals surface area contributed by atoms with E-state index < -0.39 is 0 Å². The van der Waals surface area contributed by atoms with Crippen LogP contribution in [0.1, 0.15) is 71.1 Å². The lowest BCUT2D eigenvalue weighted by Gasteiger charge is -2.21. The third-order valence-electron chi connectivity index (χ3n) is 5.92. The van der Waals surface area contributed by atoms with E-state index in [0.717, 1.165) is 42.3 Å². The summed E-state index contributed by atoms with van der Waals surface area (Å²) in [5.74, 6) is 2.41. The van der Waals surface area contributed by atoms with Crippen LogP contribution in [-0.2, 0) is 0 Å². The molecular weight excluding hydrogens is 392 g/mol. The van der Waals surface area contributed by atoms with Crippen molar-refractivity contribution in [3.05, 3.63) is 53.9 Å². The first-order valence-corrected chi connectivity index (χ1v) is 12.1. The number of halogens is 1. The van der Waals surface area contributed by atoms with Crippen LogP contribution in [0.25, 0.3) is 11.1 Å². The first-order valence-electron chi connectivity index (χ1n) is 11.7. The molecule has 0 spiro atoms. The molecule has 0 atom stereocenters. The molecule has 0 unspecified atom stereocenters. The van der Waals surface area contributed by atoms with E-state index >= 15 is 0 Å². The molecule has 163 valence electrons. The van der Waals surface area contributed by atoms with E-state index in [9.17, 15) is 0 Å². The fourth-order valence-electron chi connectivity index (χ4n) is 3.98. The molecule has 0 heterocycles. The Bertz CT molecular complexity index is 735. The van der Waals surface area contributed by atoms with Gasteiger partial charge in [0, 0.05) is 0 Å². The van der Waals surface area contributed by atoms with E-state index in [1.165, 1.54) is 57.8 Å². The Morgan fingerprint density at radius 1 is 0.833 bits per heavy atom. The number of ether oxygens (including phenoxy) is 2. The highest BCUT2D eigenvalue weighted by Gasteiger charge is 2.14. The zero-order chi connectivity index (χ0) is 21.0. The summed E-state index contributed by atoms with van der Waals surface area (Å²) in [6.07, 6.45) is 14.9. The van der Waals surface area contributed by atoms with Gasteiger partial charge < -0.3 is 9.47 Å². The Kier molecular flexibility index (Phi) is 9.89. The Morgan fingerprint density at radius 2 is 1.53 bits per heavy atom. The van der Waals surface area contributed by atoms with Gasteiger partial charge in [0.15, 0.2) is 0 Å². The van der Waals surface area contributed by atoms with E-state index in [1.807, 2.05) is 12.1 Å². The van der Waals surface area contributed by atoms with Crippen molar-refractivity contribution in [1.82, 2.24) is 0 Å². The zero-order valence-corrected chi connectivity index (χ0v) is 19.1. The Labute approximate surface area is 187 Å². The van der Waals surface area contributed by atoms with Gasteiger partial charge in [0.25, 0.3) is 0 Å². The Morgan fingerprint density at radius 3 is 2.27 bits per heavy atom. The largest absolute Gasteiger partial charge is 0.493 e.